The second kappa shape index (κ2) is 5.32. The average Bonchev–Trinajstić information content (AvgIpc) is 2.97. The average molecular weight is 269 g/mol. The van der Waals surface area contributed by atoms with Crippen molar-refractivity contribution in [3.63, 3.8) is 0 Å². The fourth-order valence-corrected chi connectivity index (χ4v) is 2.52. The molecule has 3 heterocycles. The Morgan fingerprint density at radius 3 is 3.05 bits per heavy atom. The van der Waals surface area contributed by atoms with E-state index in [4.69, 9.17) is 0 Å². The van der Waals surface area contributed by atoms with Crippen LogP contribution >= 0.6 is 0 Å². The van der Waals surface area contributed by atoms with E-state index in [2.05, 4.69) is 20.2 Å². The van der Waals surface area contributed by atoms with Crippen LogP contribution in [0.15, 0.2) is 30.7 Å². The van der Waals surface area contributed by atoms with Gasteiger partial charge in [0.1, 0.15) is 0 Å². The number of carbonyl (C=O) groups excluding carboxylic acids is 1. The zero-order valence-electron chi connectivity index (χ0n) is 11.2. The van der Waals surface area contributed by atoms with Gasteiger partial charge in [-0.15, -0.1) is 5.10 Å². The number of nitrogens with zero attached hydrogens (tertiary/aromatic N) is 5. The molecule has 1 aliphatic heterocycles. The molecule has 0 bridgehead atoms. The fourth-order valence-electron chi connectivity index (χ4n) is 2.52. The van der Waals surface area contributed by atoms with Crippen molar-refractivity contribution in [2.75, 3.05) is 6.54 Å². The molecule has 6 nitrogen and oxygen atoms in total. The van der Waals surface area contributed by atoms with E-state index in [0.29, 0.717) is 5.69 Å². The predicted molar refractivity (Wildman–Crippen MR) is 71.8 cm³/mol. The van der Waals surface area contributed by atoms with Gasteiger partial charge in [0.05, 0.1) is 23.6 Å². The Bertz CT molecular complexity index is 616. The van der Waals surface area contributed by atoms with Crippen molar-refractivity contribution in [2.45, 2.75) is 25.8 Å². The molecule has 0 spiro atoms. The van der Waals surface area contributed by atoms with E-state index >= 15 is 0 Å². The van der Waals surface area contributed by atoms with Gasteiger partial charge in [-0.05, 0) is 31.9 Å². The van der Waals surface area contributed by atoms with Gasteiger partial charge in [-0.3, -0.25) is 14.8 Å². The molecule has 0 unspecified atom stereocenters. The van der Waals surface area contributed by atoms with Crippen LogP contribution in [0.1, 0.15) is 40.8 Å². The smallest absolute Gasteiger partial charge is 0.274 e. The van der Waals surface area contributed by atoms with Gasteiger partial charge < -0.3 is 4.90 Å². The Labute approximate surface area is 116 Å². The van der Waals surface area contributed by atoms with Crippen LogP contribution in [0.2, 0.25) is 0 Å². The maximum absolute atomic E-state index is 12.5. The van der Waals surface area contributed by atoms with Crippen LogP contribution in [0.5, 0.6) is 0 Å². The fraction of sp³-hybridized carbons (Fsp3) is 0.357. The van der Waals surface area contributed by atoms with Crippen molar-refractivity contribution >= 4 is 5.91 Å². The van der Waals surface area contributed by atoms with Crippen molar-refractivity contribution in [1.29, 1.82) is 0 Å². The Balaban J connectivity index is 1.88. The van der Waals surface area contributed by atoms with E-state index in [1.54, 1.807) is 30.7 Å². The molecule has 1 saturated heterocycles. The Kier molecular flexibility index (Phi) is 3.37. The summed E-state index contributed by atoms with van der Waals surface area (Å²) in [4.78, 5) is 23.0. The van der Waals surface area contributed by atoms with Crippen LogP contribution in [0.3, 0.4) is 0 Å². The minimum atomic E-state index is -0.0936. The van der Waals surface area contributed by atoms with E-state index in [1.807, 2.05) is 11.8 Å². The summed E-state index contributed by atoms with van der Waals surface area (Å²) >= 11 is 0. The molecule has 1 amide bonds. The first-order valence-corrected chi connectivity index (χ1v) is 6.63. The van der Waals surface area contributed by atoms with E-state index in [1.165, 1.54) is 0 Å². The lowest BCUT2D eigenvalue weighted by molar-refractivity contribution is 0.0725. The minimum Gasteiger partial charge on any atom is -0.329 e. The third-order valence-corrected chi connectivity index (χ3v) is 3.42. The van der Waals surface area contributed by atoms with E-state index in [9.17, 15) is 4.79 Å². The van der Waals surface area contributed by atoms with Gasteiger partial charge in [0.2, 0.25) is 0 Å². The highest BCUT2D eigenvalue weighted by atomic mass is 16.2. The minimum absolute atomic E-state index is 0.0168. The molecule has 0 saturated carbocycles. The Morgan fingerprint density at radius 2 is 2.30 bits per heavy atom. The lowest BCUT2D eigenvalue weighted by atomic mass is 10.1. The second-order valence-corrected chi connectivity index (χ2v) is 4.85. The van der Waals surface area contributed by atoms with E-state index in [-0.39, 0.29) is 11.9 Å². The molecule has 1 fully saturated rings. The molecule has 0 aromatic carbocycles. The zero-order valence-corrected chi connectivity index (χ0v) is 11.2. The molecule has 3 rings (SSSR count). The zero-order chi connectivity index (χ0) is 13.9. The molecule has 0 aliphatic carbocycles. The molecule has 20 heavy (non-hydrogen) atoms. The summed E-state index contributed by atoms with van der Waals surface area (Å²) in [5.74, 6) is -0.0936. The van der Waals surface area contributed by atoms with Crippen LogP contribution in [0.25, 0.3) is 0 Å². The Morgan fingerprint density at radius 1 is 1.40 bits per heavy atom. The van der Waals surface area contributed by atoms with Gasteiger partial charge in [-0.2, -0.15) is 5.10 Å². The standard InChI is InChI=1S/C14H15N5O/c1-10-8-15-9-12(17-10)13-5-3-7-19(13)14(20)11-4-2-6-16-18-11/h2,4,6,8-9,13H,3,5,7H2,1H3/t13-/m1/s1. The van der Waals surface area contributed by atoms with Gasteiger partial charge in [-0.1, -0.05) is 0 Å². The Hall–Kier alpha value is -2.37. The quantitative estimate of drug-likeness (QED) is 0.827. The number of aromatic nitrogens is 4. The number of carbonyl (C=O) groups is 1. The summed E-state index contributed by atoms with van der Waals surface area (Å²) in [5, 5.41) is 7.66. The number of hydrogen-bond acceptors (Lipinski definition) is 5. The number of aryl methyl sites for hydroxylation is 1. The number of likely N-dealkylation sites (tertiary alicyclic amines) is 1. The van der Waals surface area contributed by atoms with Crippen molar-refractivity contribution in [3.8, 4) is 0 Å². The van der Waals surface area contributed by atoms with Crippen molar-refractivity contribution in [3.05, 3.63) is 47.8 Å². The summed E-state index contributed by atoms with van der Waals surface area (Å²) in [6.45, 7) is 2.62. The predicted octanol–water partition coefficient (Wildman–Crippen LogP) is 1.55. The lowest BCUT2D eigenvalue weighted by Gasteiger charge is -2.23. The summed E-state index contributed by atoms with van der Waals surface area (Å²) in [7, 11) is 0. The van der Waals surface area contributed by atoms with Crippen molar-refractivity contribution in [1.82, 2.24) is 25.1 Å². The first-order chi connectivity index (χ1) is 9.75. The molecule has 0 radical (unpaired) electrons. The van der Waals surface area contributed by atoms with Crippen LogP contribution < -0.4 is 0 Å². The van der Waals surface area contributed by atoms with Gasteiger partial charge in [0.15, 0.2) is 5.69 Å². The molecule has 1 aliphatic rings. The first-order valence-electron chi connectivity index (χ1n) is 6.63. The molecular weight excluding hydrogens is 254 g/mol. The highest BCUT2D eigenvalue weighted by Crippen LogP contribution is 2.31. The highest BCUT2D eigenvalue weighted by molar-refractivity contribution is 5.92. The van der Waals surface area contributed by atoms with Crippen LogP contribution in [0.4, 0.5) is 0 Å². The van der Waals surface area contributed by atoms with Gasteiger partial charge in [0.25, 0.3) is 5.91 Å². The molecule has 102 valence electrons. The highest BCUT2D eigenvalue weighted by Gasteiger charge is 2.32. The van der Waals surface area contributed by atoms with Crippen LogP contribution in [-0.2, 0) is 0 Å². The van der Waals surface area contributed by atoms with Gasteiger partial charge in [-0.25, -0.2) is 0 Å². The lowest BCUT2D eigenvalue weighted by Crippen LogP contribution is -2.31. The largest absolute Gasteiger partial charge is 0.329 e. The van der Waals surface area contributed by atoms with Crippen molar-refractivity contribution < 1.29 is 4.79 Å². The maximum Gasteiger partial charge on any atom is 0.274 e. The molecular formula is C14H15N5O. The molecule has 2 aromatic rings. The number of hydrogen-bond donors (Lipinski definition) is 0. The second-order valence-electron chi connectivity index (χ2n) is 4.85. The molecule has 2 aromatic heterocycles. The normalized spacial score (nSPS) is 18.2. The maximum atomic E-state index is 12.5. The molecule has 0 N–H and O–H groups in total. The number of amides is 1. The third kappa shape index (κ3) is 2.36. The van der Waals surface area contributed by atoms with E-state index < -0.39 is 0 Å². The van der Waals surface area contributed by atoms with Crippen LogP contribution in [0, 0.1) is 6.92 Å². The topological polar surface area (TPSA) is 71.9 Å². The molecule has 6 heteroatoms. The number of rotatable bonds is 2. The van der Waals surface area contributed by atoms with E-state index in [0.717, 1.165) is 30.8 Å². The summed E-state index contributed by atoms with van der Waals surface area (Å²) in [6.07, 6.45) is 6.88. The summed E-state index contributed by atoms with van der Waals surface area (Å²) in [5.41, 5.74) is 2.08. The third-order valence-electron chi connectivity index (χ3n) is 3.42. The molecule has 1 atom stereocenters. The SMILES string of the molecule is Cc1cncc([C@H]2CCCN2C(=O)c2cccnn2)n1. The van der Waals surface area contributed by atoms with Crippen molar-refractivity contribution in [2.24, 2.45) is 0 Å². The monoisotopic (exact) mass is 269 g/mol. The van der Waals surface area contributed by atoms with Gasteiger partial charge in [0, 0.05) is 18.9 Å². The summed E-state index contributed by atoms with van der Waals surface area (Å²) in [6, 6.07) is 3.39. The first kappa shape index (κ1) is 12.7. The van der Waals surface area contributed by atoms with Gasteiger partial charge >= 0.3 is 0 Å². The van der Waals surface area contributed by atoms with Crippen LogP contribution in [-0.4, -0.2) is 37.5 Å². The summed E-state index contributed by atoms with van der Waals surface area (Å²) < 4.78 is 0.